The van der Waals surface area contributed by atoms with Gasteiger partial charge in [0.25, 0.3) is 0 Å². The molecule has 0 radical (unpaired) electrons. The second kappa shape index (κ2) is 12.3. The van der Waals surface area contributed by atoms with Crippen LogP contribution in [0, 0.1) is 0 Å². The zero-order valence-corrected chi connectivity index (χ0v) is 10.8. The Balaban J connectivity index is 3.11. The van der Waals surface area contributed by atoms with E-state index >= 15 is 0 Å². The van der Waals surface area contributed by atoms with Gasteiger partial charge in [0.15, 0.2) is 0 Å². The normalized spacial score (nSPS) is 10.9. The first-order chi connectivity index (χ1) is 7.81. The van der Waals surface area contributed by atoms with Crippen molar-refractivity contribution in [1.29, 1.82) is 0 Å². The van der Waals surface area contributed by atoms with Crippen molar-refractivity contribution in [3.05, 3.63) is 12.3 Å². The lowest BCUT2D eigenvalue weighted by atomic mass is 10.1. The van der Waals surface area contributed by atoms with Crippen molar-refractivity contribution in [3.63, 3.8) is 0 Å². The number of hydrogen-bond acceptors (Lipinski definition) is 2. The number of rotatable bonds is 10. The fraction of sp³-hybridized carbons (Fsp3) is 0.786. The first-order valence-electron chi connectivity index (χ1n) is 6.65. The van der Waals surface area contributed by atoms with Crippen LogP contribution in [0.15, 0.2) is 12.3 Å². The van der Waals surface area contributed by atoms with Crippen LogP contribution >= 0.6 is 0 Å². The van der Waals surface area contributed by atoms with Crippen LogP contribution in [0.3, 0.4) is 0 Å². The van der Waals surface area contributed by atoms with E-state index in [0.29, 0.717) is 6.42 Å². The van der Waals surface area contributed by atoms with Crippen LogP contribution in [-0.2, 0) is 9.53 Å². The molecule has 0 aromatic heterocycles. The molecule has 0 aliphatic heterocycles. The zero-order valence-electron chi connectivity index (χ0n) is 10.8. The largest absolute Gasteiger partial charge is 0.435 e. The summed E-state index contributed by atoms with van der Waals surface area (Å²) >= 11 is 0. The molecule has 0 aromatic rings. The third-order valence-corrected chi connectivity index (χ3v) is 2.56. The van der Waals surface area contributed by atoms with Crippen molar-refractivity contribution in [2.45, 2.75) is 71.6 Å². The van der Waals surface area contributed by atoms with Crippen molar-refractivity contribution in [2.75, 3.05) is 0 Å². The second-order valence-corrected chi connectivity index (χ2v) is 4.13. The highest BCUT2D eigenvalue weighted by Crippen LogP contribution is 2.08. The van der Waals surface area contributed by atoms with Gasteiger partial charge < -0.3 is 4.74 Å². The second-order valence-electron chi connectivity index (χ2n) is 4.13. The number of hydrogen-bond donors (Lipinski definition) is 0. The average Bonchev–Trinajstić information content (AvgIpc) is 2.31. The standard InChI is InChI=1S/C14H26O2/c1-3-5-6-7-8-9-10-11-12-13-16-14(15)4-2/h12-13H,3-11H2,1-2H3/b13-12+. The molecule has 0 aliphatic rings. The smallest absolute Gasteiger partial charge is 0.310 e. The molecule has 0 unspecified atom stereocenters. The van der Waals surface area contributed by atoms with Crippen molar-refractivity contribution in [1.82, 2.24) is 0 Å². The number of allylic oxidation sites excluding steroid dienone is 1. The summed E-state index contributed by atoms with van der Waals surface area (Å²) in [4.78, 5) is 10.8. The number of ether oxygens (including phenoxy) is 1. The molecule has 0 saturated heterocycles. The topological polar surface area (TPSA) is 26.3 Å². The highest BCUT2D eigenvalue weighted by atomic mass is 16.5. The summed E-state index contributed by atoms with van der Waals surface area (Å²) in [6.45, 7) is 4.04. The summed E-state index contributed by atoms with van der Waals surface area (Å²) in [6.07, 6.45) is 14.2. The van der Waals surface area contributed by atoms with E-state index in [2.05, 4.69) is 6.92 Å². The molecule has 0 rings (SSSR count). The highest BCUT2D eigenvalue weighted by molar-refractivity contribution is 5.69. The lowest BCUT2D eigenvalue weighted by molar-refractivity contribution is -0.137. The van der Waals surface area contributed by atoms with Gasteiger partial charge in [-0.1, -0.05) is 52.4 Å². The number of carbonyl (C=O) groups excluding carboxylic acids is 1. The van der Waals surface area contributed by atoms with Crippen LogP contribution in [0.4, 0.5) is 0 Å². The highest BCUT2D eigenvalue weighted by Gasteiger charge is 1.92. The van der Waals surface area contributed by atoms with Crippen molar-refractivity contribution in [3.8, 4) is 0 Å². The summed E-state index contributed by atoms with van der Waals surface area (Å²) in [5.41, 5.74) is 0. The average molecular weight is 226 g/mol. The van der Waals surface area contributed by atoms with Gasteiger partial charge in [0.05, 0.1) is 6.26 Å². The van der Waals surface area contributed by atoms with E-state index in [1.165, 1.54) is 51.2 Å². The fourth-order valence-corrected chi connectivity index (χ4v) is 1.49. The van der Waals surface area contributed by atoms with Crippen LogP contribution in [-0.4, -0.2) is 5.97 Å². The minimum Gasteiger partial charge on any atom is -0.435 e. The molecule has 0 aromatic carbocycles. The number of unbranched alkanes of at least 4 members (excludes halogenated alkanes) is 7. The lowest BCUT2D eigenvalue weighted by Crippen LogP contribution is -1.95. The van der Waals surface area contributed by atoms with Crippen molar-refractivity contribution < 1.29 is 9.53 Å². The molecule has 0 atom stereocenters. The number of carbonyl (C=O) groups is 1. The lowest BCUT2D eigenvalue weighted by Gasteiger charge is -1.99. The summed E-state index contributed by atoms with van der Waals surface area (Å²) in [5, 5.41) is 0. The van der Waals surface area contributed by atoms with E-state index in [-0.39, 0.29) is 5.97 Å². The molecule has 0 spiro atoms. The minimum absolute atomic E-state index is 0.157. The van der Waals surface area contributed by atoms with E-state index in [4.69, 9.17) is 4.74 Å². The van der Waals surface area contributed by atoms with Crippen LogP contribution in [0.2, 0.25) is 0 Å². The van der Waals surface area contributed by atoms with E-state index in [1.807, 2.05) is 6.08 Å². The van der Waals surface area contributed by atoms with E-state index in [0.717, 1.165) is 6.42 Å². The Hall–Kier alpha value is -0.790. The summed E-state index contributed by atoms with van der Waals surface area (Å²) in [5.74, 6) is -0.157. The predicted molar refractivity (Wildman–Crippen MR) is 68.1 cm³/mol. The molecule has 0 heterocycles. The van der Waals surface area contributed by atoms with E-state index in [9.17, 15) is 4.79 Å². The molecule has 2 nitrogen and oxygen atoms in total. The van der Waals surface area contributed by atoms with E-state index in [1.54, 1.807) is 6.92 Å². The molecule has 0 saturated carbocycles. The van der Waals surface area contributed by atoms with Gasteiger partial charge in [-0.05, 0) is 18.9 Å². The molecule has 0 aliphatic carbocycles. The molecule has 0 fully saturated rings. The van der Waals surface area contributed by atoms with Crippen molar-refractivity contribution in [2.24, 2.45) is 0 Å². The molecule has 0 N–H and O–H groups in total. The first kappa shape index (κ1) is 15.2. The summed E-state index contributed by atoms with van der Waals surface area (Å²) in [7, 11) is 0. The Morgan fingerprint density at radius 2 is 1.62 bits per heavy atom. The van der Waals surface area contributed by atoms with Crippen LogP contribution in [0.5, 0.6) is 0 Å². The van der Waals surface area contributed by atoms with Gasteiger partial charge in [-0.15, -0.1) is 0 Å². The van der Waals surface area contributed by atoms with Gasteiger partial charge in [0.1, 0.15) is 0 Å². The molecule has 94 valence electrons. The summed E-state index contributed by atoms with van der Waals surface area (Å²) in [6, 6.07) is 0. The maximum atomic E-state index is 10.8. The molecular formula is C14H26O2. The van der Waals surface area contributed by atoms with Gasteiger partial charge in [-0.25, -0.2) is 0 Å². The molecule has 0 bridgehead atoms. The molecule has 16 heavy (non-hydrogen) atoms. The Bertz CT molecular complexity index is 185. The Labute approximate surface area is 100 Å². The van der Waals surface area contributed by atoms with Gasteiger partial charge in [0, 0.05) is 6.42 Å². The maximum Gasteiger partial charge on any atom is 0.310 e. The Kier molecular flexibility index (Phi) is 11.7. The van der Waals surface area contributed by atoms with Crippen LogP contribution < -0.4 is 0 Å². The van der Waals surface area contributed by atoms with Crippen molar-refractivity contribution >= 4 is 5.97 Å². The molecule has 2 heteroatoms. The van der Waals surface area contributed by atoms with Gasteiger partial charge in [-0.3, -0.25) is 4.79 Å². The Morgan fingerprint density at radius 1 is 1.00 bits per heavy atom. The van der Waals surface area contributed by atoms with Gasteiger partial charge in [-0.2, -0.15) is 0 Å². The van der Waals surface area contributed by atoms with Gasteiger partial charge in [0.2, 0.25) is 0 Å². The molecule has 0 amide bonds. The Morgan fingerprint density at radius 3 is 2.25 bits per heavy atom. The fourth-order valence-electron chi connectivity index (χ4n) is 1.49. The predicted octanol–water partition coefficient (Wildman–Crippen LogP) is 4.59. The summed E-state index contributed by atoms with van der Waals surface area (Å²) < 4.78 is 4.83. The van der Waals surface area contributed by atoms with Gasteiger partial charge >= 0.3 is 5.97 Å². The zero-order chi connectivity index (χ0) is 12.1. The number of esters is 1. The van der Waals surface area contributed by atoms with Crippen LogP contribution in [0.1, 0.15) is 71.6 Å². The maximum absolute atomic E-state index is 10.8. The first-order valence-corrected chi connectivity index (χ1v) is 6.65. The van der Waals surface area contributed by atoms with E-state index < -0.39 is 0 Å². The monoisotopic (exact) mass is 226 g/mol. The minimum atomic E-state index is -0.157. The molecular weight excluding hydrogens is 200 g/mol. The third-order valence-electron chi connectivity index (χ3n) is 2.56. The third kappa shape index (κ3) is 11.3. The SMILES string of the molecule is CCCCCCCCC/C=C/OC(=O)CC. The quantitative estimate of drug-likeness (QED) is 0.309. The van der Waals surface area contributed by atoms with Crippen LogP contribution in [0.25, 0.3) is 0 Å².